The third-order valence-corrected chi connectivity index (χ3v) is 4.98. The van der Waals surface area contributed by atoms with Crippen molar-refractivity contribution in [3.8, 4) is 17.4 Å². The number of benzene rings is 2. The zero-order chi connectivity index (χ0) is 20.9. The Kier molecular flexibility index (Phi) is 5.98. The maximum absolute atomic E-state index is 11.9. The number of anilines is 1. The Morgan fingerprint density at radius 1 is 1.17 bits per heavy atom. The van der Waals surface area contributed by atoms with Crippen LogP contribution < -0.4 is 14.8 Å². The van der Waals surface area contributed by atoms with Gasteiger partial charge in [-0.15, -0.1) is 0 Å². The number of pyridine rings is 1. The van der Waals surface area contributed by atoms with E-state index < -0.39 is 0 Å². The molecule has 5 heteroatoms. The van der Waals surface area contributed by atoms with Gasteiger partial charge in [0.1, 0.15) is 17.6 Å². The van der Waals surface area contributed by atoms with E-state index in [1.54, 1.807) is 18.3 Å². The summed E-state index contributed by atoms with van der Waals surface area (Å²) in [5, 5.41) is 2.85. The van der Waals surface area contributed by atoms with Crippen LogP contribution in [0.15, 0.2) is 66.9 Å². The van der Waals surface area contributed by atoms with Gasteiger partial charge in [-0.25, -0.2) is 4.98 Å². The zero-order valence-corrected chi connectivity index (χ0v) is 17.3. The van der Waals surface area contributed by atoms with Gasteiger partial charge in [0.25, 0.3) is 0 Å². The lowest BCUT2D eigenvalue weighted by Crippen LogP contribution is -2.15. The number of aryl methyl sites for hydroxylation is 1. The van der Waals surface area contributed by atoms with Crippen molar-refractivity contribution in [1.29, 1.82) is 0 Å². The summed E-state index contributed by atoms with van der Waals surface area (Å²) in [6.45, 7) is 4.03. The Hall–Kier alpha value is -3.34. The molecule has 0 aliphatic carbocycles. The van der Waals surface area contributed by atoms with E-state index in [2.05, 4.69) is 22.4 Å². The van der Waals surface area contributed by atoms with Crippen LogP contribution in [0, 0.1) is 5.92 Å². The maximum atomic E-state index is 11.9. The van der Waals surface area contributed by atoms with Gasteiger partial charge in [-0.05, 0) is 54.2 Å². The average molecular weight is 402 g/mol. The predicted molar refractivity (Wildman–Crippen MR) is 117 cm³/mol. The molecule has 0 saturated heterocycles. The van der Waals surface area contributed by atoms with E-state index in [1.165, 1.54) is 5.56 Å². The Labute approximate surface area is 177 Å². The molecule has 0 radical (unpaired) electrons. The van der Waals surface area contributed by atoms with Crippen molar-refractivity contribution in [3.05, 3.63) is 78.0 Å². The molecule has 3 aromatic rings. The number of fused-ring (bicyclic) bond motifs is 1. The Balaban J connectivity index is 1.39. The Morgan fingerprint density at radius 3 is 2.73 bits per heavy atom. The second kappa shape index (κ2) is 8.99. The number of aromatic nitrogens is 1. The van der Waals surface area contributed by atoms with E-state index in [1.807, 2.05) is 50.2 Å². The zero-order valence-electron chi connectivity index (χ0n) is 17.3. The van der Waals surface area contributed by atoms with Gasteiger partial charge in [0, 0.05) is 12.5 Å². The highest BCUT2D eigenvalue weighted by atomic mass is 16.5. The van der Waals surface area contributed by atoms with Gasteiger partial charge >= 0.3 is 0 Å². The molecule has 1 aliphatic rings. The van der Waals surface area contributed by atoms with Gasteiger partial charge in [0.05, 0.1) is 11.9 Å². The van der Waals surface area contributed by atoms with Crippen LogP contribution >= 0.6 is 0 Å². The quantitative estimate of drug-likeness (QED) is 0.555. The molecule has 1 unspecified atom stereocenters. The number of nitrogens with zero attached hydrogens (tertiary/aromatic N) is 1. The lowest BCUT2D eigenvalue weighted by molar-refractivity contribution is -0.116. The summed E-state index contributed by atoms with van der Waals surface area (Å²) in [5.74, 6) is 2.41. The van der Waals surface area contributed by atoms with E-state index in [9.17, 15) is 4.79 Å². The summed E-state index contributed by atoms with van der Waals surface area (Å²) in [7, 11) is 0. The van der Waals surface area contributed by atoms with Crippen LogP contribution in [-0.4, -0.2) is 10.9 Å². The third-order valence-electron chi connectivity index (χ3n) is 4.98. The molecule has 154 valence electrons. The molecule has 0 saturated carbocycles. The van der Waals surface area contributed by atoms with Gasteiger partial charge in [0.15, 0.2) is 0 Å². The van der Waals surface area contributed by atoms with Crippen molar-refractivity contribution >= 4 is 11.6 Å². The molecule has 1 amide bonds. The van der Waals surface area contributed by atoms with E-state index in [-0.39, 0.29) is 12.0 Å². The first-order chi connectivity index (χ1) is 14.6. The predicted octanol–water partition coefficient (Wildman–Crippen LogP) is 5.92. The molecule has 0 spiro atoms. The molecule has 4 rings (SSSR count). The summed E-state index contributed by atoms with van der Waals surface area (Å²) in [6.07, 6.45) is 4.05. The van der Waals surface area contributed by atoms with Crippen LogP contribution in [0.4, 0.5) is 5.69 Å². The first kappa shape index (κ1) is 20.0. The van der Waals surface area contributed by atoms with E-state index in [0.29, 0.717) is 23.9 Å². The van der Waals surface area contributed by atoms with Gasteiger partial charge in [-0.2, -0.15) is 0 Å². The summed E-state index contributed by atoms with van der Waals surface area (Å²) >= 11 is 0. The number of carbonyl (C=O) groups is 1. The lowest BCUT2D eigenvalue weighted by atomic mass is 9.97. The molecule has 30 heavy (non-hydrogen) atoms. The number of ether oxygens (including phenoxy) is 2. The number of hydrogen-bond acceptors (Lipinski definition) is 4. The minimum atomic E-state index is -0.0102. The molecule has 0 fully saturated rings. The average Bonchev–Trinajstić information content (AvgIpc) is 2.75. The molecule has 1 aromatic heterocycles. The lowest BCUT2D eigenvalue weighted by Gasteiger charge is -2.26. The van der Waals surface area contributed by atoms with Crippen LogP contribution in [-0.2, 0) is 11.2 Å². The smallest absolute Gasteiger partial charge is 0.224 e. The monoisotopic (exact) mass is 402 g/mol. The van der Waals surface area contributed by atoms with Crippen molar-refractivity contribution in [3.63, 3.8) is 0 Å². The third kappa shape index (κ3) is 4.98. The van der Waals surface area contributed by atoms with Gasteiger partial charge in [0.2, 0.25) is 11.8 Å². The van der Waals surface area contributed by atoms with Crippen molar-refractivity contribution in [2.75, 3.05) is 5.32 Å². The fourth-order valence-corrected chi connectivity index (χ4v) is 3.55. The van der Waals surface area contributed by atoms with Crippen molar-refractivity contribution in [2.45, 2.75) is 39.2 Å². The summed E-state index contributed by atoms with van der Waals surface area (Å²) in [4.78, 5) is 16.2. The number of amides is 1. The summed E-state index contributed by atoms with van der Waals surface area (Å²) in [6, 6.07) is 19.7. The van der Waals surface area contributed by atoms with Crippen molar-refractivity contribution < 1.29 is 14.3 Å². The highest BCUT2D eigenvalue weighted by Gasteiger charge is 2.21. The van der Waals surface area contributed by atoms with Crippen LogP contribution in [0.25, 0.3) is 0 Å². The van der Waals surface area contributed by atoms with E-state index in [0.717, 1.165) is 29.9 Å². The highest BCUT2D eigenvalue weighted by Crippen LogP contribution is 2.37. The number of nitrogens with one attached hydrogen (secondary N) is 1. The fourth-order valence-electron chi connectivity index (χ4n) is 3.55. The van der Waals surface area contributed by atoms with Crippen LogP contribution in [0.5, 0.6) is 17.4 Å². The number of carbonyl (C=O) groups excluding carboxylic acids is 1. The first-order valence-corrected chi connectivity index (χ1v) is 10.3. The standard InChI is InChI=1S/C25H26N2O3/c1-17(2)14-24(28)27-20-9-13-25(26-16-20)29-21-10-12-23-19(15-21)8-11-22(30-23)18-6-4-3-5-7-18/h3-7,9-10,12-13,15-17,22H,8,11,14H2,1-2H3,(H,27,28). The minimum Gasteiger partial charge on any atom is -0.485 e. The number of hydrogen-bond donors (Lipinski definition) is 1. The molecule has 5 nitrogen and oxygen atoms in total. The molecule has 1 atom stereocenters. The summed E-state index contributed by atoms with van der Waals surface area (Å²) in [5.41, 5.74) is 3.00. The van der Waals surface area contributed by atoms with Crippen molar-refractivity contribution in [2.24, 2.45) is 5.92 Å². The minimum absolute atomic E-state index is 0.0102. The highest BCUT2D eigenvalue weighted by molar-refractivity contribution is 5.90. The van der Waals surface area contributed by atoms with E-state index in [4.69, 9.17) is 9.47 Å². The Morgan fingerprint density at radius 2 is 2.00 bits per heavy atom. The molecule has 1 aliphatic heterocycles. The van der Waals surface area contributed by atoms with E-state index >= 15 is 0 Å². The SMILES string of the molecule is CC(C)CC(=O)Nc1ccc(Oc2ccc3c(c2)CCC(c2ccccc2)O3)nc1. The molecule has 0 bridgehead atoms. The summed E-state index contributed by atoms with van der Waals surface area (Å²) < 4.78 is 12.1. The second-order valence-electron chi connectivity index (χ2n) is 7.96. The Bertz CT molecular complexity index is 1000. The van der Waals surface area contributed by atoms with Gasteiger partial charge in [-0.1, -0.05) is 44.2 Å². The second-order valence-corrected chi connectivity index (χ2v) is 7.96. The van der Waals surface area contributed by atoms with Gasteiger partial charge < -0.3 is 14.8 Å². The first-order valence-electron chi connectivity index (χ1n) is 10.3. The molecular formula is C25H26N2O3. The molecule has 1 N–H and O–H groups in total. The van der Waals surface area contributed by atoms with Crippen LogP contribution in [0.1, 0.15) is 43.9 Å². The maximum Gasteiger partial charge on any atom is 0.224 e. The van der Waals surface area contributed by atoms with Gasteiger partial charge in [-0.3, -0.25) is 4.79 Å². The van der Waals surface area contributed by atoms with Crippen LogP contribution in [0.3, 0.4) is 0 Å². The van der Waals surface area contributed by atoms with Crippen molar-refractivity contribution in [1.82, 2.24) is 4.98 Å². The normalized spacial score (nSPS) is 15.2. The molecule has 2 heterocycles. The molecule has 2 aromatic carbocycles. The number of rotatable bonds is 6. The molecular weight excluding hydrogens is 376 g/mol. The topological polar surface area (TPSA) is 60.5 Å². The largest absolute Gasteiger partial charge is 0.485 e. The van der Waals surface area contributed by atoms with Crippen LogP contribution in [0.2, 0.25) is 0 Å². The fraction of sp³-hybridized carbons (Fsp3) is 0.280.